The third-order valence-corrected chi connectivity index (χ3v) is 2.39. The number of hydrogen-bond donors (Lipinski definition) is 4. The first-order valence-electron chi connectivity index (χ1n) is 5.01. The second kappa shape index (κ2) is 5.07. The Morgan fingerprint density at radius 2 is 2.12 bits per heavy atom. The summed E-state index contributed by atoms with van der Waals surface area (Å²) >= 11 is 0. The first-order chi connectivity index (χ1) is 7.45. The fourth-order valence-electron chi connectivity index (χ4n) is 1.46. The van der Waals surface area contributed by atoms with Gasteiger partial charge in [-0.25, -0.2) is 4.79 Å². The van der Waals surface area contributed by atoms with E-state index in [0.29, 0.717) is 6.42 Å². The molecule has 1 aliphatic heterocycles. The maximum Gasteiger partial charge on any atom is 0.367 e. The Balaban J connectivity index is 2.88. The van der Waals surface area contributed by atoms with Crippen LogP contribution in [0.4, 0.5) is 0 Å². The molecular weight excluding hydrogens is 220 g/mol. The van der Waals surface area contributed by atoms with Crippen molar-refractivity contribution in [2.45, 2.75) is 37.4 Å². The monoisotopic (exact) mass is 236 g/mol. The summed E-state index contributed by atoms with van der Waals surface area (Å²) in [5.41, 5.74) is 0. The number of aliphatic carboxylic acids is 1. The standard InChI is InChI=1S/C9H16O7/c1-2-3-15-9(8(13)14)7(12)6(11)5(10)4-16-9/h5-7,10-12H,2-4H2,1H3,(H,13,14). The average molecular weight is 236 g/mol. The lowest BCUT2D eigenvalue weighted by Crippen LogP contribution is -2.65. The first-order valence-corrected chi connectivity index (χ1v) is 5.01. The van der Waals surface area contributed by atoms with E-state index in [2.05, 4.69) is 0 Å². The van der Waals surface area contributed by atoms with Gasteiger partial charge < -0.3 is 29.9 Å². The molecule has 4 atom stereocenters. The Morgan fingerprint density at radius 3 is 2.62 bits per heavy atom. The second-order valence-corrected chi connectivity index (χ2v) is 3.63. The number of carboxylic acids is 1. The molecule has 7 nitrogen and oxygen atoms in total. The van der Waals surface area contributed by atoms with Crippen LogP contribution in [0.25, 0.3) is 0 Å². The Bertz CT molecular complexity index is 252. The first kappa shape index (κ1) is 13.3. The van der Waals surface area contributed by atoms with Gasteiger partial charge in [-0.1, -0.05) is 6.92 Å². The van der Waals surface area contributed by atoms with Crippen LogP contribution in [-0.4, -0.2) is 63.7 Å². The van der Waals surface area contributed by atoms with E-state index < -0.39 is 36.7 Å². The van der Waals surface area contributed by atoms with Gasteiger partial charge in [-0.2, -0.15) is 0 Å². The van der Waals surface area contributed by atoms with Crippen molar-refractivity contribution >= 4 is 5.97 Å². The summed E-state index contributed by atoms with van der Waals surface area (Å²) in [5, 5.41) is 37.2. The van der Waals surface area contributed by atoms with Crippen LogP contribution in [-0.2, 0) is 14.3 Å². The molecule has 16 heavy (non-hydrogen) atoms. The smallest absolute Gasteiger partial charge is 0.367 e. The molecule has 0 saturated carbocycles. The lowest BCUT2D eigenvalue weighted by molar-refractivity contribution is -0.327. The maximum atomic E-state index is 11.0. The second-order valence-electron chi connectivity index (χ2n) is 3.63. The number of rotatable bonds is 4. The van der Waals surface area contributed by atoms with Gasteiger partial charge in [0, 0.05) is 0 Å². The van der Waals surface area contributed by atoms with Crippen molar-refractivity contribution in [1.29, 1.82) is 0 Å². The highest BCUT2D eigenvalue weighted by molar-refractivity contribution is 5.77. The van der Waals surface area contributed by atoms with Crippen LogP contribution < -0.4 is 0 Å². The molecule has 7 heteroatoms. The van der Waals surface area contributed by atoms with Crippen LogP contribution in [0.2, 0.25) is 0 Å². The van der Waals surface area contributed by atoms with Crippen LogP contribution in [0.1, 0.15) is 13.3 Å². The largest absolute Gasteiger partial charge is 0.477 e. The molecule has 0 aromatic heterocycles. The van der Waals surface area contributed by atoms with Crippen LogP contribution >= 0.6 is 0 Å². The molecule has 0 amide bonds. The molecule has 0 bridgehead atoms. The number of aliphatic hydroxyl groups is 3. The zero-order valence-electron chi connectivity index (χ0n) is 8.87. The summed E-state index contributed by atoms with van der Waals surface area (Å²) in [6, 6.07) is 0. The predicted molar refractivity (Wildman–Crippen MR) is 50.6 cm³/mol. The summed E-state index contributed by atoms with van der Waals surface area (Å²) in [4.78, 5) is 11.0. The number of ether oxygens (including phenoxy) is 2. The summed E-state index contributed by atoms with van der Waals surface area (Å²) in [5.74, 6) is -3.83. The van der Waals surface area contributed by atoms with E-state index in [9.17, 15) is 20.1 Å². The van der Waals surface area contributed by atoms with Crippen molar-refractivity contribution in [1.82, 2.24) is 0 Å². The summed E-state index contributed by atoms with van der Waals surface area (Å²) in [7, 11) is 0. The van der Waals surface area contributed by atoms with Gasteiger partial charge in [0.1, 0.15) is 18.3 Å². The lowest BCUT2D eigenvalue weighted by Gasteiger charge is -2.41. The summed E-state index contributed by atoms with van der Waals surface area (Å²) in [6.45, 7) is 1.41. The molecule has 0 aliphatic carbocycles. The number of hydrogen-bond acceptors (Lipinski definition) is 6. The van der Waals surface area contributed by atoms with E-state index in [1.165, 1.54) is 0 Å². The normalized spacial score (nSPS) is 39.6. The van der Waals surface area contributed by atoms with E-state index in [0.717, 1.165) is 0 Å². The SMILES string of the molecule is CCCOC1(C(=O)O)OCC(O)C(O)C1O. The molecule has 1 saturated heterocycles. The summed E-state index contributed by atoms with van der Waals surface area (Å²) in [6.07, 6.45) is -4.24. The molecule has 0 radical (unpaired) electrons. The minimum Gasteiger partial charge on any atom is -0.477 e. The van der Waals surface area contributed by atoms with E-state index >= 15 is 0 Å². The number of aliphatic hydroxyl groups excluding tert-OH is 3. The van der Waals surface area contributed by atoms with Crippen molar-refractivity contribution in [2.24, 2.45) is 0 Å². The Labute approximate surface area is 92.2 Å². The highest BCUT2D eigenvalue weighted by Gasteiger charge is 2.56. The molecular formula is C9H16O7. The van der Waals surface area contributed by atoms with Gasteiger partial charge in [0.25, 0.3) is 5.79 Å². The van der Waals surface area contributed by atoms with Crippen molar-refractivity contribution in [3.63, 3.8) is 0 Å². The van der Waals surface area contributed by atoms with E-state index in [1.54, 1.807) is 6.92 Å². The molecule has 1 aliphatic rings. The topological polar surface area (TPSA) is 116 Å². The molecule has 4 N–H and O–H groups in total. The lowest BCUT2D eigenvalue weighted by atomic mass is 9.97. The van der Waals surface area contributed by atoms with E-state index in [1.807, 2.05) is 0 Å². The van der Waals surface area contributed by atoms with Gasteiger partial charge >= 0.3 is 5.97 Å². The van der Waals surface area contributed by atoms with Crippen LogP contribution in [0, 0.1) is 0 Å². The third-order valence-electron chi connectivity index (χ3n) is 2.39. The van der Waals surface area contributed by atoms with Crippen molar-refractivity contribution < 1.29 is 34.7 Å². The minimum absolute atomic E-state index is 0.0617. The predicted octanol–water partition coefficient (Wildman–Crippen LogP) is -1.69. The molecule has 1 rings (SSSR count). The van der Waals surface area contributed by atoms with Gasteiger partial charge in [0.15, 0.2) is 0 Å². The third kappa shape index (κ3) is 2.18. The highest BCUT2D eigenvalue weighted by atomic mass is 16.7. The number of carbonyl (C=O) groups is 1. The average Bonchev–Trinajstić information content (AvgIpc) is 2.25. The van der Waals surface area contributed by atoms with Crippen LogP contribution in [0.3, 0.4) is 0 Å². The van der Waals surface area contributed by atoms with E-state index in [4.69, 9.17) is 14.6 Å². The fraction of sp³-hybridized carbons (Fsp3) is 0.889. The van der Waals surface area contributed by atoms with Crippen molar-refractivity contribution in [2.75, 3.05) is 13.2 Å². The Morgan fingerprint density at radius 1 is 1.50 bits per heavy atom. The van der Waals surface area contributed by atoms with Crippen molar-refractivity contribution in [3.8, 4) is 0 Å². The molecule has 1 heterocycles. The van der Waals surface area contributed by atoms with Gasteiger partial charge in [0.2, 0.25) is 0 Å². The quantitative estimate of drug-likeness (QED) is 0.460. The zero-order chi connectivity index (χ0) is 12.3. The molecule has 94 valence electrons. The van der Waals surface area contributed by atoms with Crippen LogP contribution in [0.15, 0.2) is 0 Å². The Kier molecular flexibility index (Phi) is 4.22. The number of carboxylic acid groups (broad SMARTS) is 1. The fourth-order valence-corrected chi connectivity index (χ4v) is 1.46. The molecule has 0 spiro atoms. The molecule has 4 unspecified atom stereocenters. The van der Waals surface area contributed by atoms with Gasteiger partial charge in [-0.3, -0.25) is 0 Å². The maximum absolute atomic E-state index is 11.0. The van der Waals surface area contributed by atoms with Gasteiger partial charge in [0.05, 0.1) is 13.2 Å². The molecule has 1 fully saturated rings. The zero-order valence-corrected chi connectivity index (χ0v) is 8.87. The Hall–Kier alpha value is -0.730. The minimum atomic E-state index is -2.30. The molecule has 0 aromatic carbocycles. The highest BCUT2D eigenvalue weighted by Crippen LogP contribution is 2.28. The summed E-state index contributed by atoms with van der Waals surface area (Å²) < 4.78 is 9.81. The van der Waals surface area contributed by atoms with Crippen molar-refractivity contribution in [3.05, 3.63) is 0 Å². The van der Waals surface area contributed by atoms with E-state index in [-0.39, 0.29) is 6.61 Å². The van der Waals surface area contributed by atoms with Gasteiger partial charge in [-0.15, -0.1) is 0 Å². The van der Waals surface area contributed by atoms with Crippen LogP contribution in [0.5, 0.6) is 0 Å². The molecule has 0 aromatic rings. The van der Waals surface area contributed by atoms with Gasteiger partial charge in [-0.05, 0) is 6.42 Å².